The molecule has 0 radical (unpaired) electrons. The monoisotopic (exact) mass is 237 g/mol. The second kappa shape index (κ2) is 5.14. The number of hydrogen-bond acceptors (Lipinski definition) is 3. The molecule has 1 aliphatic rings. The predicted molar refractivity (Wildman–Crippen MR) is 58.8 cm³/mol. The van der Waals surface area contributed by atoms with Gasteiger partial charge in [-0.2, -0.15) is 0 Å². The van der Waals surface area contributed by atoms with Crippen LogP contribution in [0.4, 0.5) is 10.1 Å². The Balaban J connectivity index is 0.000000845. The summed E-state index contributed by atoms with van der Waals surface area (Å²) in [5.41, 5.74) is 1.22. The minimum absolute atomic E-state index is 0. The summed E-state index contributed by atoms with van der Waals surface area (Å²) in [5.74, 6) is 5.19. The number of aliphatic imine (C=N–C) groups is 1. The Labute approximate surface area is 93.6 Å². The maximum Gasteiger partial charge on any atom is 0.130 e. The quantitative estimate of drug-likeness (QED) is 0.702. The highest BCUT2D eigenvalue weighted by atomic mass is 35.5. The minimum atomic E-state index is -0.250. The van der Waals surface area contributed by atoms with E-state index in [0.717, 1.165) is 0 Å². The average molecular weight is 238 g/mol. The molecule has 0 saturated carbocycles. The van der Waals surface area contributed by atoms with E-state index in [1.165, 1.54) is 17.4 Å². The SMILES string of the molecule is Cl.Cl.NN1C=Nc2cccc(F)c2C1. The molecule has 0 unspecified atom stereocenters. The predicted octanol–water partition coefficient (Wildman–Crippen LogP) is 2.02. The van der Waals surface area contributed by atoms with Crippen LogP contribution in [0.15, 0.2) is 23.2 Å². The fraction of sp³-hybridized carbons (Fsp3) is 0.125. The van der Waals surface area contributed by atoms with Crippen LogP contribution in [-0.4, -0.2) is 11.3 Å². The molecule has 0 saturated heterocycles. The van der Waals surface area contributed by atoms with Gasteiger partial charge in [-0.15, -0.1) is 24.8 Å². The van der Waals surface area contributed by atoms with Gasteiger partial charge in [0.15, 0.2) is 0 Å². The van der Waals surface area contributed by atoms with E-state index in [1.807, 2.05) is 0 Å². The summed E-state index contributed by atoms with van der Waals surface area (Å²) < 4.78 is 13.1. The van der Waals surface area contributed by atoms with Crippen molar-refractivity contribution in [1.82, 2.24) is 5.01 Å². The minimum Gasteiger partial charge on any atom is -0.296 e. The van der Waals surface area contributed by atoms with Gasteiger partial charge < -0.3 is 0 Å². The van der Waals surface area contributed by atoms with Gasteiger partial charge in [0, 0.05) is 5.56 Å². The normalized spacial score (nSPS) is 12.6. The van der Waals surface area contributed by atoms with Crippen LogP contribution in [0.3, 0.4) is 0 Å². The van der Waals surface area contributed by atoms with Crippen LogP contribution in [-0.2, 0) is 6.54 Å². The molecule has 2 N–H and O–H groups in total. The topological polar surface area (TPSA) is 41.6 Å². The van der Waals surface area contributed by atoms with Gasteiger partial charge >= 0.3 is 0 Å². The number of nitrogens with two attached hydrogens (primary N) is 1. The Bertz CT molecular complexity index is 343. The van der Waals surface area contributed by atoms with Crippen molar-refractivity contribution in [1.29, 1.82) is 0 Å². The van der Waals surface area contributed by atoms with Crippen LogP contribution in [0.1, 0.15) is 5.56 Å². The van der Waals surface area contributed by atoms with Crippen LogP contribution in [0.25, 0.3) is 0 Å². The first-order valence-corrected chi connectivity index (χ1v) is 3.60. The molecule has 78 valence electrons. The van der Waals surface area contributed by atoms with E-state index >= 15 is 0 Å². The zero-order valence-electron chi connectivity index (χ0n) is 7.18. The second-order valence-corrected chi connectivity index (χ2v) is 2.65. The molecule has 1 heterocycles. The highest BCUT2D eigenvalue weighted by molar-refractivity contribution is 5.85. The molecule has 1 aromatic carbocycles. The second-order valence-electron chi connectivity index (χ2n) is 2.65. The van der Waals surface area contributed by atoms with E-state index in [4.69, 9.17) is 5.84 Å². The van der Waals surface area contributed by atoms with E-state index < -0.39 is 0 Å². The highest BCUT2D eigenvalue weighted by Crippen LogP contribution is 2.24. The summed E-state index contributed by atoms with van der Waals surface area (Å²) in [6.45, 7) is 0.380. The number of hydrogen-bond donors (Lipinski definition) is 1. The lowest BCUT2D eigenvalue weighted by atomic mass is 10.1. The van der Waals surface area contributed by atoms with Crippen LogP contribution in [0.2, 0.25) is 0 Å². The van der Waals surface area contributed by atoms with E-state index in [0.29, 0.717) is 17.8 Å². The zero-order chi connectivity index (χ0) is 8.55. The molecular weight excluding hydrogens is 228 g/mol. The summed E-state index contributed by atoms with van der Waals surface area (Å²) in [6, 6.07) is 4.81. The Morgan fingerprint density at radius 3 is 2.79 bits per heavy atom. The van der Waals surface area contributed by atoms with Gasteiger partial charge in [0.1, 0.15) is 12.2 Å². The molecule has 6 heteroatoms. The molecule has 0 amide bonds. The lowest BCUT2D eigenvalue weighted by Crippen LogP contribution is -2.31. The molecule has 0 spiro atoms. The first-order valence-electron chi connectivity index (χ1n) is 3.60. The fourth-order valence-corrected chi connectivity index (χ4v) is 1.18. The number of rotatable bonds is 0. The smallest absolute Gasteiger partial charge is 0.130 e. The molecule has 2 rings (SSSR count). The Morgan fingerprint density at radius 2 is 2.07 bits per heavy atom. The lowest BCUT2D eigenvalue weighted by Gasteiger charge is -2.19. The molecule has 14 heavy (non-hydrogen) atoms. The van der Waals surface area contributed by atoms with Crippen molar-refractivity contribution in [2.45, 2.75) is 6.54 Å². The summed E-state index contributed by atoms with van der Waals surface area (Å²) in [4.78, 5) is 3.97. The summed E-state index contributed by atoms with van der Waals surface area (Å²) in [5, 5.41) is 1.35. The van der Waals surface area contributed by atoms with Crippen molar-refractivity contribution in [3.63, 3.8) is 0 Å². The van der Waals surface area contributed by atoms with Crippen molar-refractivity contribution in [2.24, 2.45) is 10.8 Å². The van der Waals surface area contributed by atoms with Gasteiger partial charge in [0.05, 0.1) is 12.2 Å². The molecule has 0 aromatic heterocycles. The van der Waals surface area contributed by atoms with Crippen LogP contribution in [0, 0.1) is 5.82 Å². The van der Waals surface area contributed by atoms with Crippen LogP contribution in [0.5, 0.6) is 0 Å². The Kier molecular flexibility index (Phi) is 4.83. The molecule has 0 bridgehead atoms. The number of fused-ring (bicyclic) bond motifs is 1. The third kappa shape index (κ3) is 2.35. The van der Waals surface area contributed by atoms with Crippen LogP contribution >= 0.6 is 24.8 Å². The van der Waals surface area contributed by atoms with E-state index in [1.54, 1.807) is 12.1 Å². The molecule has 0 fully saturated rings. The maximum atomic E-state index is 13.1. The fourth-order valence-electron chi connectivity index (χ4n) is 1.18. The number of halogens is 3. The van der Waals surface area contributed by atoms with Crippen LogP contribution < -0.4 is 5.84 Å². The third-order valence-electron chi connectivity index (χ3n) is 1.78. The van der Waals surface area contributed by atoms with Crippen molar-refractivity contribution >= 4 is 36.8 Å². The number of hydrazine groups is 1. The van der Waals surface area contributed by atoms with Gasteiger partial charge in [0.25, 0.3) is 0 Å². The standard InChI is InChI=1S/C8H8FN3.2ClH/c9-7-2-1-3-8-6(7)4-12(10)5-11-8;;/h1-3,5H,4,10H2;2*1H. The van der Waals surface area contributed by atoms with Crippen molar-refractivity contribution in [3.05, 3.63) is 29.6 Å². The molecule has 3 nitrogen and oxygen atoms in total. The number of benzene rings is 1. The van der Waals surface area contributed by atoms with E-state index in [2.05, 4.69) is 4.99 Å². The Morgan fingerprint density at radius 1 is 1.36 bits per heavy atom. The van der Waals surface area contributed by atoms with Crippen molar-refractivity contribution in [2.75, 3.05) is 0 Å². The average Bonchev–Trinajstić information content (AvgIpc) is 2.07. The largest absolute Gasteiger partial charge is 0.296 e. The van der Waals surface area contributed by atoms with Gasteiger partial charge in [0.2, 0.25) is 0 Å². The van der Waals surface area contributed by atoms with Gasteiger partial charge in [-0.25, -0.2) is 15.2 Å². The van der Waals surface area contributed by atoms with Gasteiger partial charge in [-0.05, 0) is 12.1 Å². The maximum absolute atomic E-state index is 13.1. The van der Waals surface area contributed by atoms with E-state index in [-0.39, 0.29) is 30.6 Å². The first-order chi connectivity index (χ1) is 5.77. The lowest BCUT2D eigenvalue weighted by molar-refractivity contribution is 0.428. The van der Waals surface area contributed by atoms with Crippen molar-refractivity contribution in [3.8, 4) is 0 Å². The van der Waals surface area contributed by atoms with Gasteiger partial charge in [-0.3, -0.25) is 5.01 Å². The third-order valence-corrected chi connectivity index (χ3v) is 1.78. The molecular formula is C8H10Cl2FN3. The first kappa shape index (κ1) is 13.2. The molecule has 1 aromatic rings. The van der Waals surface area contributed by atoms with Crippen molar-refractivity contribution < 1.29 is 4.39 Å². The van der Waals surface area contributed by atoms with Gasteiger partial charge in [-0.1, -0.05) is 6.07 Å². The molecule has 1 aliphatic heterocycles. The summed E-state index contributed by atoms with van der Waals surface area (Å²) >= 11 is 0. The molecule has 0 aliphatic carbocycles. The summed E-state index contributed by atoms with van der Waals surface area (Å²) in [6.07, 6.45) is 1.49. The van der Waals surface area contributed by atoms with E-state index in [9.17, 15) is 4.39 Å². The number of nitrogens with zero attached hydrogens (tertiary/aromatic N) is 2. The molecule has 0 atom stereocenters. The zero-order valence-corrected chi connectivity index (χ0v) is 8.82. The summed E-state index contributed by atoms with van der Waals surface area (Å²) in [7, 11) is 0. The Hall–Kier alpha value is -0.840. The highest BCUT2D eigenvalue weighted by Gasteiger charge is 2.12.